The number of aromatic amines is 1. The standard InChI is InChI=1S/C18H14N4O/c1-2-16-18(20-9-1)22-17(21-16)14-3-5-15(6-4-14)23-12-13-7-10-19-11-8-13/h1-11H,12H2,(H,20,21,22). The zero-order valence-corrected chi connectivity index (χ0v) is 12.3. The van der Waals surface area contributed by atoms with E-state index in [9.17, 15) is 0 Å². The van der Waals surface area contributed by atoms with Crippen molar-refractivity contribution in [3.05, 3.63) is 72.7 Å². The second kappa shape index (κ2) is 5.88. The molecule has 0 aliphatic heterocycles. The third kappa shape index (κ3) is 2.89. The molecule has 0 radical (unpaired) electrons. The summed E-state index contributed by atoms with van der Waals surface area (Å²) in [5, 5.41) is 0. The zero-order valence-electron chi connectivity index (χ0n) is 12.3. The van der Waals surface area contributed by atoms with E-state index in [0.29, 0.717) is 6.61 Å². The highest BCUT2D eigenvalue weighted by Crippen LogP contribution is 2.22. The van der Waals surface area contributed by atoms with Gasteiger partial charge in [0.1, 0.15) is 18.2 Å². The smallest absolute Gasteiger partial charge is 0.178 e. The average Bonchev–Trinajstić information content (AvgIpc) is 3.05. The van der Waals surface area contributed by atoms with Gasteiger partial charge in [-0.1, -0.05) is 0 Å². The molecule has 0 fully saturated rings. The third-order valence-corrected chi connectivity index (χ3v) is 3.54. The summed E-state index contributed by atoms with van der Waals surface area (Å²) in [4.78, 5) is 16.0. The van der Waals surface area contributed by atoms with Crippen molar-refractivity contribution in [3.63, 3.8) is 0 Å². The number of rotatable bonds is 4. The van der Waals surface area contributed by atoms with E-state index in [4.69, 9.17) is 4.74 Å². The first-order valence-electron chi connectivity index (χ1n) is 7.31. The van der Waals surface area contributed by atoms with E-state index in [0.717, 1.165) is 33.9 Å². The Morgan fingerprint density at radius 3 is 2.52 bits per heavy atom. The molecule has 0 unspecified atom stereocenters. The fourth-order valence-electron chi connectivity index (χ4n) is 2.34. The van der Waals surface area contributed by atoms with Gasteiger partial charge in [-0.3, -0.25) is 4.98 Å². The lowest BCUT2D eigenvalue weighted by Crippen LogP contribution is -1.95. The Morgan fingerprint density at radius 2 is 1.74 bits per heavy atom. The Labute approximate surface area is 133 Å². The predicted octanol–water partition coefficient (Wildman–Crippen LogP) is 3.60. The summed E-state index contributed by atoms with van der Waals surface area (Å²) in [6, 6.07) is 15.6. The van der Waals surface area contributed by atoms with Crippen LogP contribution in [-0.4, -0.2) is 19.9 Å². The molecule has 4 rings (SSSR count). The van der Waals surface area contributed by atoms with E-state index < -0.39 is 0 Å². The number of ether oxygens (including phenoxy) is 1. The third-order valence-electron chi connectivity index (χ3n) is 3.54. The predicted molar refractivity (Wildman–Crippen MR) is 87.9 cm³/mol. The van der Waals surface area contributed by atoms with Crippen LogP contribution in [0.5, 0.6) is 5.75 Å². The molecule has 1 aromatic carbocycles. The molecule has 0 aliphatic rings. The number of hydrogen-bond acceptors (Lipinski definition) is 4. The van der Waals surface area contributed by atoms with Crippen molar-refractivity contribution in [2.24, 2.45) is 0 Å². The molecular weight excluding hydrogens is 288 g/mol. The topological polar surface area (TPSA) is 63.7 Å². The van der Waals surface area contributed by atoms with Crippen LogP contribution in [0, 0.1) is 0 Å². The van der Waals surface area contributed by atoms with Crippen molar-refractivity contribution in [3.8, 4) is 17.1 Å². The molecule has 3 heterocycles. The highest BCUT2D eigenvalue weighted by molar-refractivity contribution is 5.75. The SMILES string of the molecule is c1cnc2nc(-c3ccc(OCc4ccncc4)cc3)[nH]c2c1. The fraction of sp³-hybridized carbons (Fsp3) is 0.0556. The minimum Gasteiger partial charge on any atom is -0.489 e. The number of fused-ring (bicyclic) bond motifs is 1. The Bertz CT molecular complexity index is 884. The highest BCUT2D eigenvalue weighted by Gasteiger charge is 2.06. The summed E-state index contributed by atoms with van der Waals surface area (Å²) in [6.45, 7) is 0.524. The van der Waals surface area contributed by atoms with Gasteiger partial charge in [0.05, 0.1) is 5.52 Å². The number of nitrogens with zero attached hydrogens (tertiary/aromatic N) is 3. The molecule has 0 saturated carbocycles. The van der Waals surface area contributed by atoms with E-state index >= 15 is 0 Å². The molecular formula is C18H14N4O. The van der Waals surface area contributed by atoms with Crippen LogP contribution in [0.15, 0.2) is 67.1 Å². The van der Waals surface area contributed by atoms with Crippen LogP contribution in [0.25, 0.3) is 22.6 Å². The average molecular weight is 302 g/mol. The Morgan fingerprint density at radius 1 is 0.913 bits per heavy atom. The number of pyridine rings is 2. The lowest BCUT2D eigenvalue weighted by molar-refractivity contribution is 0.306. The molecule has 0 aliphatic carbocycles. The monoisotopic (exact) mass is 302 g/mol. The minimum absolute atomic E-state index is 0.524. The molecule has 5 heteroatoms. The summed E-state index contributed by atoms with van der Waals surface area (Å²) in [5.41, 5.74) is 3.74. The normalized spacial score (nSPS) is 10.8. The van der Waals surface area contributed by atoms with Crippen molar-refractivity contribution in [1.82, 2.24) is 19.9 Å². The van der Waals surface area contributed by atoms with Crippen LogP contribution in [0.1, 0.15) is 5.56 Å². The van der Waals surface area contributed by atoms with Crippen molar-refractivity contribution < 1.29 is 4.74 Å². The van der Waals surface area contributed by atoms with Crippen molar-refractivity contribution in [1.29, 1.82) is 0 Å². The lowest BCUT2D eigenvalue weighted by atomic mass is 10.2. The molecule has 1 N–H and O–H groups in total. The van der Waals surface area contributed by atoms with E-state index in [1.54, 1.807) is 18.6 Å². The Kier molecular flexibility index (Phi) is 3.44. The number of H-pyrrole nitrogens is 1. The summed E-state index contributed by atoms with van der Waals surface area (Å²) in [6.07, 6.45) is 5.26. The molecule has 3 aromatic heterocycles. The molecule has 0 spiro atoms. The first-order valence-corrected chi connectivity index (χ1v) is 7.31. The number of aromatic nitrogens is 4. The second-order valence-corrected chi connectivity index (χ2v) is 5.13. The molecule has 0 amide bonds. The van der Waals surface area contributed by atoms with Gasteiger partial charge in [-0.05, 0) is 54.1 Å². The largest absolute Gasteiger partial charge is 0.489 e. The van der Waals surface area contributed by atoms with Crippen LogP contribution < -0.4 is 4.74 Å². The summed E-state index contributed by atoms with van der Waals surface area (Å²) >= 11 is 0. The van der Waals surface area contributed by atoms with Crippen molar-refractivity contribution in [2.75, 3.05) is 0 Å². The van der Waals surface area contributed by atoms with E-state index in [1.165, 1.54) is 0 Å². The molecule has 0 saturated heterocycles. The Hall–Kier alpha value is -3.21. The fourth-order valence-corrected chi connectivity index (χ4v) is 2.34. The van der Waals surface area contributed by atoms with E-state index in [1.807, 2.05) is 48.5 Å². The quantitative estimate of drug-likeness (QED) is 0.625. The van der Waals surface area contributed by atoms with Gasteiger partial charge >= 0.3 is 0 Å². The van der Waals surface area contributed by atoms with Gasteiger partial charge in [0.2, 0.25) is 0 Å². The van der Waals surface area contributed by atoms with Crippen LogP contribution in [-0.2, 0) is 6.61 Å². The number of hydrogen-bond donors (Lipinski definition) is 1. The molecule has 4 aromatic rings. The van der Waals surface area contributed by atoms with E-state index in [2.05, 4.69) is 19.9 Å². The number of imidazole rings is 1. The second-order valence-electron chi connectivity index (χ2n) is 5.13. The van der Waals surface area contributed by atoms with Crippen molar-refractivity contribution >= 4 is 11.2 Å². The van der Waals surface area contributed by atoms with Gasteiger partial charge in [-0.15, -0.1) is 0 Å². The molecule has 112 valence electrons. The van der Waals surface area contributed by atoms with Gasteiger partial charge in [0, 0.05) is 24.2 Å². The molecule has 23 heavy (non-hydrogen) atoms. The number of benzene rings is 1. The van der Waals surface area contributed by atoms with Crippen LogP contribution in [0.4, 0.5) is 0 Å². The first-order chi connectivity index (χ1) is 11.4. The lowest BCUT2D eigenvalue weighted by Gasteiger charge is -2.06. The molecule has 0 atom stereocenters. The first kappa shape index (κ1) is 13.5. The summed E-state index contributed by atoms with van der Waals surface area (Å²) in [7, 11) is 0. The van der Waals surface area contributed by atoms with Gasteiger partial charge in [0.25, 0.3) is 0 Å². The minimum atomic E-state index is 0.524. The Balaban J connectivity index is 1.51. The maximum Gasteiger partial charge on any atom is 0.178 e. The van der Waals surface area contributed by atoms with E-state index in [-0.39, 0.29) is 0 Å². The summed E-state index contributed by atoms with van der Waals surface area (Å²) in [5.74, 6) is 1.62. The maximum absolute atomic E-state index is 5.77. The van der Waals surface area contributed by atoms with Crippen LogP contribution in [0.3, 0.4) is 0 Å². The molecule has 5 nitrogen and oxygen atoms in total. The van der Waals surface area contributed by atoms with Crippen LogP contribution in [0.2, 0.25) is 0 Å². The van der Waals surface area contributed by atoms with Crippen LogP contribution >= 0.6 is 0 Å². The zero-order chi connectivity index (χ0) is 15.5. The maximum atomic E-state index is 5.77. The highest BCUT2D eigenvalue weighted by atomic mass is 16.5. The van der Waals surface area contributed by atoms with Crippen molar-refractivity contribution in [2.45, 2.75) is 6.61 Å². The molecule has 0 bridgehead atoms. The van der Waals surface area contributed by atoms with Gasteiger partial charge in [-0.25, -0.2) is 9.97 Å². The van der Waals surface area contributed by atoms with Gasteiger partial charge in [0.15, 0.2) is 5.65 Å². The van der Waals surface area contributed by atoms with Gasteiger partial charge < -0.3 is 9.72 Å². The van der Waals surface area contributed by atoms with Gasteiger partial charge in [-0.2, -0.15) is 0 Å². The summed E-state index contributed by atoms with van der Waals surface area (Å²) < 4.78 is 5.77. The number of nitrogens with one attached hydrogen (secondary N) is 1.